The molecular formula is C39H65N. The Morgan fingerprint density at radius 3 is 1.10 bits per heavy atom. The second-order valence-corrected chi connectivity index (χ2v) is 12.5. The summed E-state index contributed by atoms with van der Waals surface area (Å²) in [6.07, 6.45) is 32.6. The third kappa shape index (κ3) is 17.1. The van der Waals surface area contributed by atoms with Crippen LogP contribution in [0.1, 0.15) is 172 Å². The molecule has 0 saturated carbocycles. The molecule has 2 aromatic rings. The van der Waals surface area contributed by atoms with Crippen LogP contribution in [0.5, 0.6) is 0 Å². The van der Waals surface area contributed by atoms with E-state index in [9.17, 15) is 0 Å². The van der Waals surface area contributed by atoms with Crippen molar-refractivity contribution in [3.8, 4) is 0 Å². The lowest BCUT2D eigenvalue weighted by Crippen LogP contribution is -1.97. The normalized spacial score (nSPS) is 11.3. The Labute approximate surface area is 250 Å². The van der Waals surface area contributed by atoms with Crippen LogP contribution in [0.15, 0.2) is 42.5 Å². The fourth-order valence-electron chi connectivity index (χ4n) is 5.90. The summed E-state index contributed by atoms with van der Waals surface area (Å²) in [5.74, 6) is 0. The van der Waals surface area contributed by atoms with E-state index in [4.69, 9.17) is 0 Å². The van der Waals surface area contributed by atoms with Crippen LogP contribution >= 0.6 is 0 Å². The van der Waals surface area contributed by atoms with Crippen molar-refractivity contribution in [2.45, 2.75) is 175 Å². The Morgan fingerprint density at radius 2 is 0.700 bits per heavy atom. The van der Waals surface area contributed by atoms with Crippen molar-refractivity contribution >= 4 is 11.4 Å². The van der Waals surface area contributed by atoms with Gasteiger partial charge in [-0.2, -0.15) is 0 Å². The summed E-state index contributed by atoms with van der Waals surface area (Å²) < 4.78 is 0. The molecule has 1 heteroatoms. The van der Waals surface area contributed by atoms with Crippen LogP contribution < -0.4 is 5.32 Å². The summed E-state index contributed by atoms with van der Waals surface area (Å²) in [6, 6.07) is 16.6. The van der Waals surface area contributed by atoms with Crippen molar-refractivity contribution in [2.75, 3.05) is 5.32 Å². The summed E-state index contributed by atoms with van der Waals surface area (Å²) in [6.45, 7) is 6.90. The minimum absolute atomic E-state index is 1.21. The van der Waals surface area contributed by atoms with Crippen molar-refractivity contribution in [3.63, 3.8) is 0 Å². The number of benzene rings is 2. The number of aryl methyl sites for hydroxylation is 3. The SMILES string of the molecule is CCCCCCCCCc1ccc(Nc2cc(CCCCCCCCC)cc(CCCCCCCCC)c2)cc1. The predicted octanol–water partition coefficient (Wildman–Crippen LogP) is 13.3. The van der Waals surface area contributed by atoms with E-state index in [1.807, 2.05) is 0 Å². The van der Waals surface area contributed by atoms with Crippen LogP contribution in [0.3, 0.4) is 0 Å². The molecule has 0 amide bonds. The molecule has 0 aromatic heterocycles. The van der Waals surface area contributed by atoms with Gasteiger partial charge < -0.3 is 5.32 Å². The Bertz CT molecular complexity index is 800. The van der Waals surface area contributed by atoms with Crippen molar-refractivity contribution in [2.24, 2.45) is 0 Å². The van der Waals surface area contributed by atoms with E-state index < -0.39 is 0 Å². The maximum Gasteiger partial charge on any atom is 0.0389 e. The molecule has 0 aliphatic heterocycles. The Balaban J connectivity index is 1.86. The molecule has 0 aliphatic rings. The van der Waals surface area contributed by atoms with Crippen LogP contribution in [0, 0.1) is 0 Å². The number of hydrogen-bond donors (Lipinski definition) is 1. The number of rotatable bonds is 26. The van der Waals surface area contributed by atoms with E-state index in [-0.39, 0.29) is 0 Å². The first-order valence-electron chi connectivity index (χ1n) is 17.7. The average Bonchev–Trinajstić information content (AvgIpc) is 2.96. The van der Waals surface area contributed by atoms with Crippen molar-refractivity contribution in [1.29, 1.82) is 0 Å². The molecule has 2 rings (SSSR count). The van der Waals surface area contributed by atoms with E-state index in [0.29, 0.717) is 0 Å². The van der Waals surface area contributed by atoms with Gasteiger partial charge in [0, 0.05) is 11.4 Å². The molecular weight excluding hydrogens is 482 g/mol. The van der Waals surface area contributed by atoms with Crippen LogP contribution in [0.4, 0.5) is 11.4 Å². The fraction of sp³-hybridized carbons (Fsp3) is 0.692. The lowest BCUT2D eigenvalue weighted by Gasteiger charge is -2.13. The highest BCUT2D eigenvalue weighted by molar-refractivity contribution is 5.61. The molecule has 0 heterocycles. The van der Waals surface area contributed by atoms with Gasteiger partial charge in [-0.1, -0.05) is 155 Å². The lowest BCUT2D eigenvalue weighted by atomic mass is 9.98. The Morgan fingerprint density at radius 1 is 0.350 bits per heavy atom. The van der Waals surface area contributed by atoms with Gasteiger partial charge in [0.25, 0.3) is 0 Å². The van der Waals surface area contributed by atoms with E-state index in [0.717, 1.165) is 0 Å². The average molecular weight is 548 g/mol. The predicted molar refractivity (Wildman–Crippen MR) is 181 cm³/mol. The molecule has 0 atom stereocenters. The topological polar surface area (TPSA) is 12.0 Å². The highest BCUT2D eigenvalue weighted by atomic mass is 14.9. The van der Waals surface area contributed by atoms with Gasteiger partial charge in [-0.3, -0.25) is 0 Å². The highest BCUT2D eigenvalue weighted by Gasteiger charge is 2.05. The van der Waals surface area contributed by atoms with Gasteiger partial charge in [-0.15, -0.1) is 0 Å². The van der Waals surface area contributed by atoms with E-state index in [1.165, 1.54) is 182 Å². The zero-order valence-corrected chi connectivity index (χ0v) is 27.0. The van der Waals surface area contributed by atoms with Gasteiger partial charge in [0.05, 0.1) is 0 Å². The third-order valence-corrected chi connectivity index (χ3v) is 8.50. The minimum Gasteiger partial charge on any atom is -0.356 e. The smallest absolute Gasteiger partial charge is 0.0389 e. The molecule has 0 saturated heterocycles. The number of nitrogens with one attached hydrogen (secondary N) is 1. The summed E-state index contributed by atoms with van der Waals surface area (Å²) in [5.41, 5.74) is 7.02. The molecule has 0 fully saturated rings. The second-order valence-electron chi connectivity index (χ2n) is 12.5. The molecule has 0 spiro atoms. The summed E-state index contributed by atoms with van der Waals surface area (Å²) in [4.78, 5) is 0. The fourth-order valence-corrected chi connectivity index (χ4v) is 5.90. The molecule has 0 bridgehead atoms. The standard InChI is InChI=1S/C39H65N/c1-4-7-10-13-16-19-22-25-35-28-30-38(31-29-35)40-39-33-36(26-23-20-17-14-11-8-5-2)32-37(34-39)27-24-21-18-15-12-9-6-3/h28-34,40H,4-27H2,1-3H3. The number of hydrogen-bond acceptors (Lipinski definition) is 1. The van der Waals surface area contributed by atoms with Crippen molar-refractivity contribution in [1.82, 2.24) is 0 Å². The van der Waals surface area contributed by atoms with Crippen LogP contribution in [-0.4, -0.2) is 0 Å². The maximum absolute atomic E-state index is 3.76. The van der Waals surface area contributed by atoms with Gasteiger partial charge in [0.15, 0.2) is 0 Å². The van der Waals surface area contributed by atoms with E-state index in [1.54, 1.807) is 0 Å². The van der Waals surface area contributed by atoms with Crippen LogP contribution in [0.2, 0.25) is 0 Å². The number of unbranched alkanes of at least 4 members (excludes halogenated alkanes) is 18. The lowest BCUT2D eigenvalue weighted by molar-refractivity contribution is 0.587. The highest BCUT2D eigenvalue weighted by Crippen LogP contribution is 2.24. The van der Waals surface area contributed by atoms with Gasteiger partial charge in [-0.05, 0) is 79.5 Å². The van der Waals surface area contributed by atoms with Crippen molar-refractivity contribution in [3.05, 3.63) is 59.2 Å². The first kappa shape index (κ1) is 34.4. The van der Waals surface area contributed by atoms with Crippen LogP contribution in [-0.2, 0) is 19.3 Å². The van der Waals surface area contributed by atoms with Gasteiger partial charge in [0.1, 0.15) is 0 Å². The van der Waals surface area contributed by atoms with Gasteiger partial charge >= 0.3 is 0 Å². The maximum atomic E-state index is 3.76. The summed E-state index contributed by atoms with van der Waals surface area (Å²) in [7, 11) is 0. The third-order valence-electron chi connectivity index (χ3n) is 8.50. The van der Waals surface area contributed by atoms with E-state index in [2.05, 4.69) is 68.6 Å². The van der Waals surface area contributed by atoms with Crippen LogP contribution in [0.25, 0.3) is 0 Å². The molecule has 1 N–H and O–H groups in total. The monoisotopic (exact) mass is 548 g/mol. The summed E-state index contributed by atoms with van der Waals surface area (Å²) >= 11 is 0. The molecule has 0 aliphatic carbocycles. The largest absolute Gasteiger partial charge is 0.356 e. The number of anilines is 2. The van der Waals surface area contributed by atoms with Gasteiger partial charge in [-0.25, -0.2) is 0 Å². The molecule has 226 valence electrons. The van der Waals surface area contributed by atoms with E-state index >= 15 is 0 Å². The zero-order valence-electron chi connectivity index (χ0n) is 27.0. The first-order valence-corrected chi connectivity index (χ1v) is 17.7. The quantitative estimate of drug-likeness (QED) is 0.115. The first-order chi connectivity index (χ1) is 19.7. The Kier molecular flexibility index (Phi) is 20.6. The Hall–Kier alpha value is -1.76. The molecule has 40 heavy (non-hydrogen) atoms. The molecule has 0 radical (unpaired) electrons. The molecule has 2 aromatic carbocycles. The molecule has 1 nitrogen and oxygen atoms in total. The van der Waals surface area contributed by atoms with Crippen molar-refractivity contribution < 1.29 is 0 Å². The zero-order chi connectivity index (χ0) is 28.5. The minimum atomic E-state index is 1.21. The molecule has 0 unspecified atom stereocenters. The summed E-state index contributed by atoms with van der Waals surface area (Å²) in [5, 5.41) is 3.76. The second kappa shape index (κ2) is 23.9. The van der Waals surface area contributed by atoms with Gasteiger partial charge in [0.2, 0.25) is 0 Å².